The molecule has 39 heavy (non-hydrogen) atoms. The van der Waals surface area contributed by atoms with Crippen LogP contribution >= 0.6 is 11.6 Å². The number of halogens is 1. The molecule has 0 amide bonds. The molecule has 1 aliphatic rings. The van der Waals surface area contributed by atoms with Crippen LogP contribution in [0.25, 0.3) is 5.69 Å². The molecule has 204 valence electrons. The predicted molar refractivity (Wildman–Crippen MR) is 153 cm³/mol. The lowest BCUT2D eigenvalue weighted by molar-refractivity contribution is 0.0981. The van der Waals surface area contributed by atoms with Crippen molar-refractivity contribution in [3.8, 4) is 11.4 Å². The third-order valence-corrected chi connectivity index (χ3v) is 7.45. The fourth-order valence-electron chi connectivity index (χ4n) is 5.02. The number of methoxy groups -OCH3 is 1. The molecule has 0 aliphatic carbocycles. The summed E-state index contributed by atoms with van der Waals surface area (Å²) in [7, 11) is 1.68. The third-order valence-electron chi connectivity index (χ3n) is 7.20. The smallest absolute Gasteiger partial charge is 0.350 e. The zero-order valence-corrected chi connectivity index (χ0v) is 22.9. The van der Waals surface area contributed by atoms with Gasteiger partial charge in [-0.1, -0.05) is 43.1 Å². The summed E-state index contributed by atoms with van der Waals surface area (Å²) in [5.41, 5.74) is 2.15. The first-order valence-corrected chi connectivity index (χ1v) is 13.6. The molecule has 5 rings (SSSR count). The maximum atomic E-state index is 13.4. The maximum Gasteiger partial charge on any atom is 0.350 e. The first kappa shape index (κ1) is 26.8. The molecule has 9 nitrogen and oxygen atoms in total. The SMILES string of the molecule is CCCC(C(O)c1ccc(Cl)cc1)n1ncn(-c2ccc(N3CCN(c4cccc(OC)c4)CC3)nc2)c1=O. The average molecular weight is 549 g/mol. The Morgan fingerprint density at radius 1 is 1.00 bits per heavy atom. The molecule has 1 fully saturated rings. The van der Waals surface area contributed by atoms with E-state index in [2.05, 4.69) is 32.0 Å². The Bertz CT molecular complexity index is 1430. The van der Waals surface area contributed by atoms with Crippen LogP contribution in [-0.4, -0.2) is 57.7 Å². The molecule has 2 atom stereocenters. The number of aliphatic hydroxyl groups excluding tert-OH is 1. The molecule has 3 heterocycles. The monoisotopic (exact) mass is 548 g/mol. The van der Waals surface area contributed by atoms with Crippen LogP contribution < -0.4 is 20.2 Å². The van der Waals surface area contributed by atoms with E-state index in [9.17, 15) is 9.90 Å². The highest BCUT2D eigenvalue weighted by Gasteiger charge is 2.26. The van der Waals surface area contributed by atoms with E-state index < -0.39 is 12.1 Å². The molecular formula is C29H33ClN6O3. The summed E-state index contributed by atoms with van der Waals surface area (Å²) in [5, 5.41) is 16.0. The molecule has 1 aliphatic heterocycles. The topological polar surface area (TPSA) is 88.7 Å². The van der Waals surface area contributed by atoms with Crippen LogP contribution in [0, 0.1) is 0 Å². The summed E-state index contributed by atoms with van der Waals surface area (Å²) in [6, 6.07) is 18.4. The van der Waals surface area contributed by atoms with Gasteiger partial charge in [-0.3, -0.25) is 0 Å². The lowest BCUT2D eigenvalue weighted by atomic mass is 9.99. The van der Waals surface area contributed by atoms with E-state index >= 15 is 0 Å². The highest BCUT2D eigenvalue weighted by molar-refractivity contribution is 6.30. The van der Waals surface area contributed by atoms with Gasteiger partial charge in [0.05, 0.1) is 25.0 Å². The molecule has 2 aromatic carbocycles. The minimum Gasteiger partial charge on any atom is -0.497 e. The van der Waals surface area contributed by atoms with E-state index in [4.69, 9.17) is 16.3 Å². The second-order valence-electron chi connectivity index (χ2n) is 9.63. The quantitative estimate of drug-likeness (QED) is 0.329. The summed E-state index contributed by atoms with van der Waals surface area (Å²) in [6.45, 7) is 5.43. The van der Waals surface area contributed by atoms with Crippen molar-refractivity contribution in [1.29, 1.82) is 0 Å². The van der Waals surface area contributed by atoms with Gasteiger partial charge in [-0.2, -0.15) is 5.10 Å². The number of pyridine rings is 1. The first-order valence-electron chi connectivity index (χ1n) is 13.2. The molecule has 0 bridgehead atoms. The minimum absolute atomic E-state index is 0.317. The van der Waals surface area contributed by atoms with Crippen molar-refractivity contribution in [1.82, 2.24) is 19.3 Å². The van der Waals surface area contributed by atoms with Gasteiger partial charge in [0, 0.05) is 43.0 Å². The molecule has 0 saturated carbocycles. The van der Waals surface area contributed by atoms with Crippen LogP contribution in [0.2, 0.25) is 5.02 Å². The van der Waals surface area contributed by atoms with Crippen molar-refractivity contribution in [3.63, 3.8) is 0 Å². The Labute approximate surface area is 232 Å². The Balaban J connectivity index is 1.29. The summed E-state index contributed by atoms with van der Waals surface area (Å²) < 4.78 is 8.20. The minimum atomic E-state index is -0.889. The molecule has 0 radical (unpaired) electrons. The highest BCUT2D eigenvalue weighted by Crippen LogP contribution is 2.30. The Hall–Kier alpha value is -3.82. The number of rotatable bonds is 9. The van der Waals surface area contributed by atoms with Gasteiger partial charge in [0.2, 0.25) is 0 Å². The van der Waals surface area contributed by atoms with Crippen LogP contribution in [-0.2, 0) is 0 Å². The Kier molecular flexibility index (Phi) is 8.18. The number of aromatic nitrogens is 4. The number of hydrogen-bond acceptors (Lipinski definition) is 7. The first-order chi connectivity index (χ1) is 19.0. The maximum absolute atomic E-state index is 13.4. The number of ether oxygens (including phenoxy) is 1. The summed E-state index contributed by atoms with van der Waals surface area (Å²) in [4.78, 5) is 22.6. The molecule has 4 aromatic rings. The molecular weight excluding hydrogens is 516 g/mol. The number of nitrogens with zero attached hydrogens (tertiary/aromatic N) is 6. The van der Waals surface area contributed by atoms with Crippen LogP contribution in [0.1, 0.15) is 37.5 Å². The molecule has 1 saturated heterocycles. The van der Waals surface area contributed by atoms with Gasteiger partial charge in [-0.25, -0.2) is 19.0 Å². The summed E-state index contributed by atoms with van der Waals surface area (Å²) >= 11 is 6.01. The summed E-state index contributed by atoms with van der Waals surface area (Å²) in [5.74, 6) is 1.72. The van der Waals surface area contributed by atoms with Gasteiger partial charge in [0.25, 0.3) is 0 Å². The molecule has 1 N–H and O–H groups in total. The van der Waals surface area contributed by atoms with E-state index in [1.807, 2.05) is 31.2 Å². The van der Waals surface area contributed by atoms with Crippen LogP contribution in [0.4, 0.5) is 11.5 Å². The van der Waals surface area contributed by atoms with Crippen molar-refractivity contribution in [2.45, 2.75) is 31.9 Å². The van der Waals surface area contributed by atoms with E-state index in [0.717, 1.165) is 49.9 Å². The lowest BCUT2D eigenvalue weighted by Crippen LogP contribution is -2.46. The second kappa shape index (κ2) is 11.9. The van der Waals surface area contributed by atoms with Gasteiger partial charge in [-0.15, -0.1) is 0 Å². The normalized spacial score (nSPS) is 15.3. The van der Waals surface area contributed by atoms with Gasteiger partial charge in [0.1, 0.15) is 24.0 Å². The highest BCUT2D eigenvalue weighted by atomic mass is 35.5. The number of anilines is 2. The largest absolute Gasteiger partial charge is 0.497 e. The predicted octanol–water partition coefficient (Wildman–Crippen LogP) is 4.49. The molecule has 10 heteroatoms. The number of hydrogen-bond donors (Lipinski definition) is 1. The standard InChI is InChI=1S/C29H33ClN6O3/c1-3-5-26(28(37)21-8-10-22(30)11-9-21)36-29(38)35(20-32-36)24-12-13-27(31-19-24)34-16-14-33(15-17-34)23-6-4-7-25(18-23)39-2/h4,6-13,18-20,26,28,37H,3,5,14-17H2,1-2H3. The van der Waals surface area contributed by atoms with Crippen molar-refractivity contribution < 1.29 is 9.84 Å². The van der Waals surface area contributed by atoms with Gasteiger partial charge in [-0.05, 0) is 48.4 Å². The molecule has 0 spiro atoms. The molecule has 2 unspecified atom stereocenters. The van der Waals surface area contributed by atoms with Gasteiger partial charge >= 0.3 is 5.69 Å². The van der Waals surface area contributed by atoms with Crippen molar-refractivity contribution in [3.05, 3.63) is 94.3 Å². The van der Waals surface area contributed by atoms with Crippen molar-refractivity contribution in [2.24, 2.45) is 0 Å². The van der Waals surface area contributed by atoms with Crippen LogP contribution in [0.15, 0.2) is 78.0 Å². The second-order valence-corrected chi connectivity index (χ2v) is 10.1. The zero-order valence-electron chi connectivity index (χ0n) is 22.2. The van der Waals surface area contributed by atoms with E-state index in [-0.39, 0.29) is 5.69 Å². The number of aliphatic hydroxyl groups is 1. The number of benzene rings is 2. The Morgan fingerprint density at radius 2 is 1.74 bits per heavy atom. The van der Waals surface area contributed by atoms with Crippen molar-refractivity contribution in [2.75, 3.05) is 43.1 Å². The fourth-order valence-corrected chi connectivity index (χ4v) is 5.15. The Morgan fingerprint density at radius 3 is 2.41 bits per heavy atom. The summed E-state index contributed by atoms with van der Waals surface area (Å²) in [6.07, 6.45) is 3.68. The molecule has 2 aromatic heterocycles. The third kappa shape index (κ3) is 5.79. The fraction of sp³-hybridized carbons (Fsp3) is 0.345. The van der Waals surface area contributed by atoms with E-state index in [1.165, 1.54) is 15.6 Å². The van der Waals surface area contributed by atoms with E-state index in [0.29, 0.717) is 22.7 Å². The number of piperazine rings is 1. The van der Waals surface area contributed by atoms with Crippen LogP contribution in [0.3, 0.4) is 0 Å². The zero-order chi connectivity index (χ0) is 27.4. The van der Waals surface area contributed by atoms with Crippen LogP contribution in [0.5, 0.6) is 5.75 Å². The van der Waals surface area contributed by atoms with Gasteiger partial charge < -0.3 is 19.6 Å². The van der Waals surface area contributed by atoms with Crippen molar-refractivity contribution >= 4 is 23.1 Å². The van der Waals surface area contributed by atoms with Gasteiger partial charge in [0.15, 0.2) is 0 Å². The van der Waals surface area contributed by atoms with E-state index in [1.54, 1.807) is 37.6 Å². The average Bonchev–Trinajstić information content (AvgIpc) is 3.36. The lowest BCUT2D eigenvalue weighted by Gasteiger charge is -2.36.